The van der Waals surface area contributed by atoms with E-state index < -0.39 is 0 Å². The second-order valence-electron chi connectivity index (χ2n) is 4.98. The second-order valence-corrected chi connectivity index (χ2v) is 6.13. The molecule has 2 rings (SSSR count). The van der Waals surface area contributed by atoms with Crippen LogP contribution in [0.25, 0.3) is 0 Å². The SMILES string of the molecule is CC(N)c1ccc(NC(=O)NCC2CCSC2)cc1. The number of amides is 2. The zero-order valence-corrected chi connectivity index (χ0v) is 12.0. The molecule has 1 heterocycles. The lowest BCUT2D eigenvalue weighted by Crippen LogP contribution is -2.33. The smallest absolute Gasteiger partial charge is 0.319 e. The number of thioether (sulfide) groups is 1. The highest BCUT2D eigenvalue weighted by atomic mass is 32.2. The minimum Gasteiger partial charge on any atom is -0.338 e. The summed E-state index contributed by atoms with van der Waals surface area (Å²) in [6.07, 6.45) is 1.20. The molecule has 0 saturated carbocycles. The van der Waals surface area contributed by atoms with Gasteiger partial charge in [0.15, 0.2) is 0 Å². The predicted molar refractivity (Wildman–Crippen MR) is 81.5 cm³/mol. The maximum atomic E-state index is 11.7. The fourth-order valence-electron chi connectivity index (χ4n) is 2.03. The maximum absolute atomic E-state index is 11.7. The molecule has 4 N–H and O–H groups in total. The highest BCUT2D eigenvalue weighted by Gasteiger charge is 2.15. The van der Waals surface area contributed by atoms with Crippen LogP contribution >= 0.6 is 11.8 Å². The highest BCUT2D eigenvalue weighted by Crippen LogP contribution is 2.22. The number of carbonyl (C=O) groups is 1. The molecule has 0 radical (unpaired) electrons. The van der Waals surface area contributed by atoms with Gasteiger partial charge in [-0.25, -0.2) is 4.79 Å². The Hall–Kier alpha value is -1.20. The van der Waals surface area contributed by atoms with Crippen LogP contribution in [0.5, 0.6) is 0 Å². The molecule has 2 unspecified atom stereocenters. The lowest BCUT2D eigenvalue weighted by Gasteiger charge is -2.12. The van der Waals surface area contributed by atoms with Crippen LogP contribution < -0.4 is 16.4 Å². The van der Waals surface area contributed by atoms with Crippen molar-refractivity contribution in [3.05, 3.63) is 29.8 Å². The summed E-state index contributed by atoms with van der Waals surface area (Å²) < 4.78 is 0. The molecule has 1 saturated heterocycles. The summed E-state index contributed by atoms with van der Waals surface area (Å²) >= 11 is 1.96. The lowest BCUT2D eigenvalue weighted by molar-refractivity contribution is 0.250. The van der Waals surface area contributed by atoms with Gasteiger partial charge in [0.05, 0.1) is 0 Å². The Morgan fingerprint density at radius 2 is 2.21 bits per heavy atom. The normalized spacial score (nSPS) is 20.0. The van der Waals surface area contributed by atoms with Gasteiger partial charge in [0, 0.05) is 18.3 Å². The van der Waals surface area contributed by atoms with E-state index in [1.165, 1.54) is 12.2 Å². The number of anilines is 1. The predicted octanol–water partition coefficient (Wildman–Crippen LogP) is 2.58. The van der Waals surface area contributed by atoms with E-state index >= 15 is 0 Å². The molecule has 2 amide bonds. The third-order valence-electron chi connectivity index (χ3n) is 3.27. The van der Waals surface area contributed by atoms with Gasteiger partial charge >= 0.3 is 6.03 Å². The summed E-state index contributed by atoms with van der Waals surface area (Å²) in [5, 5.41) is 5.76. The number of nitrogens with two attached hydrogens (primary N) is 1. The number of hydrogen-bond donors (Lipinski definition) is 3. The van der Waals surface area contributed by atoms with E-state index in [2.05, 4.69) is 10.6 Å². The van der Waals surface area contributed by atoms with Gasteiger partial charge in [-0.05, 0) is 48.5 Å². The third kappa shape index (κ3) is 4.44. The molecule has 104 valence electrons. The fourth-order valence-corrected chi connectivity index (χ4v) is 3.31. The first-order chi connectivity index (χ1) is 9.15. The molecule has 19 heavy (non-hydrogen) atoms. The summed E-state index contributed by atoms with van der Waals surface area (Å²) in [5.41, 5.74) is 7.64. The molecule has 5 heteroatoms. The summed E-state index contributed by atoms with van der Waals surface area (Å²) in [6.45, 7) is 2.70. The molecule has 1 aromatic rings. The topological polar surface area (TPSA) is 67.1 Å². The van der Waals surface area contributed by atoms with Crippen LogP contribution in [0.1, 0.15) is 24.9 Å². The van der Waals surface area contributed by atoms with Gasteiger partial charge in [-0.1, -0.05) is 12.1 Å². The Morgan fingerprint density at radius 1 is 1.47 bits per heavy atom. The van der Waals surface area contributed by atoms with Gasteiger partial charge < -0.3 is 16.4 Å². The third-order valence-corrected chi connectivity index (χ3v) is 4.50. The van der Waals surface area contributed by atoms with Crippen molar-refractivity contribution in [1.29, 1.82) is 0 Å². The first-order valence-corrected chi connectivity index (χ1v) is 7.79. The molecular weight excluding hydrogens is 258 g/mol. The Bertz CT molecular complexity index is 413. The van der Waals surface area contributed by atoms with Crippen LogP contribution in [0.3, 0.4) is 0 Å². The molecule has 0 bridgehead atoms. The molecule has 4 nitrogen and oxygen atoms in total. The Balaban J connectivity index is 1.77. The largest absolute Gasteiger partial charge is 0.338 e. The van der Waals surface area contributed by atoms with Crippen LogP contribution in [0.15, 0.2) is 24.3 Å². The van der Waals surface area contributed by atoms with E-state index in [9.17, 15) is 4.79 Å². The summed E-state index contributed by atoms with van der Waals surface area (Å²) in [5.74, 6) is 2.99. The quantitative estimate of drug-likeness (QED) is 0.793. The number of benzene rings is 1. The molecule has 2 atom stereocenters. The molecular formula is C14H21N3OS. The molecule has 1 fully saturated rings. The van der Waals surface area contributed by atoms with Gasteiger partial charge in [-0.15, -0.1) is 0 Å². The van der Waals surface area contributed by atoms with Crippen LogP contribution in [0, 0.1) is 5.92 Å². The van der Waals surface area contributed by atoms with Crippen molar-refractivity contribution in [2.45, 2.75) is 19.4 Å². The van der Waals surface area contributed by atoms with Gasteiger partial charge in [0.1, 0.15) is 0 Å². The molecule has 1 aliphatic rings. The average Bonchev–Trinajstić information content (AvgIpc) is 2.90. The summed E-state index contributed by atoms with van der Waals surface area (Å²) in [7, 11) is 0. The zero-order valence-electron chi connectivity index (χ0n) is 11.2. The Kier molecular flexibility index (Phi) is 5.10. The monoisotopic (exact) mass is 279 g/mol. The van der Waals surface area contributed by atoms with Crippen LogP contribution in [0.2, 0.25) is 0 Å². The van der Waals surface area contributed by atoms with Gasteiger partial charge in [-0.2, -0.15) is 11.8 Å². The first kappa shape index (κ1) is 14.2. The van der Waals surface area contributed by atoms with Gasteiger partial charge in [-0.3, -0.25) is 0 Å². The number of rotatable bonds is 4. The number of carbonyl (C=O) groups excluding carboxylic acids is 1. The summed E-state index contributed by atoms with van der Waals surface area (Å²) in [4.78, 5) is 11.7. The second kappa shape index (κ2) is 6.82. The number of urea groups is 1. The molecule has 0 aromatic heterocycles. The lowest BCUT2D eigenvalue weighted by atomic mass is 10.1. The van der Waals surface area contributed by atoms with E-state index in [1.54, 1.807) is 0 Å². The van der Waals surface area contributed by atoms with Crippen LogP contribution in [-0.4, -0.2) is 24.1 Å². The molecule has 0 spiro atoms. The van der Waals surface area contributed by atoms with Crippen molar-refractivity contribution in [3.63, 3.8) is 0 Å². The van der Waals surface area contributed by atoms with E-state index in [4.69, 9.17) is 5.73 Å². The van der Waals surface area contributed by atoms with E-state index in [0.717, 1.165) is 23.5 Å². The average molecular weight is 279 g/mol. The number of hydrogen-bond acceptors (Lipinski definition) is 3. The van der Waals surface area contributed by atoms with Crippen molar-refractivity contribution >= 4 is 23.5 Å². The van der Waals surface area contributed by atoms with Crippen LogP contribution in [-0.2, 0) is 0 Å². The first-order valence-electron chi connectivity index (χ1n) is 6.63. The van der Waals surface area contributed by atoms with Crippen molar-refractivity contribution < 1.29 is 4.79 Å². The maximum Gasteiger partial charge on any atom is 0.319 e. The van der Waals surface area contributed by atoms with Gasteiger partial charge in [0.2, 0.25) is 0 Å². The molecule has 1 aliphatic heterocycles. The van der Waals surface area contributed by atoms with Crippen molar-refractivity contribution in [2.75, 3.05) is 23.4 Å². The van der Waals surface area contributed by atoms with Crippen molar-refractivity contribution in [3.8, 4) is 0 Å². The zero-order chi connectivity index (χ0) is 13.7. The molecule has 0 aliphatic carbocycles. The Labute approximate surface area is 118 Å². The minimum atomic E-state index is -0.134. The molecule has 1 aromatic carbocycles. The summed E-state index contributed by atoms with van der Waals surface area (Å²) in [6, 6.07) is 7.52. The van der Waals surface area contributed by atoms with E-state index in [1.807, 2.05) is 43.0 Å². The van der Waals surface area contributed by atoms with E-state index in [0.29, 0.717) is 5.92 Å². The van der Waals surface area contributed by atoms with E-state index in [-0.39, 0.29) is 12.1 Å². The van der Waals surface area contributed by atoms with Crippen LogP contribution in [0.4, 0.5) is 10.5 Å². The van der Waals surface area contributed by atoms with Gasteiger partial charge in [0.25, 0.3) is 0 Å². The minimum absolute atomic E-state index is 0.0164. The fraction of sp³-hybridized carbons (Fsp3) is 0.500. The standard InChI is InChI=1S/C14H21N3OS/c1-10(15)12-2-4-13(5-3-12)17-14(18)16-8-11-6-7-19-9-11/h2-5,10-11H,6-9,15H2,1H3,(H2,16,17,18). The Morgan fingerprint density at radius 3 is 2.79 bits per heavy atom. The van der Waals surface area contributed by atoms with Crippen molar-refractivity contribution in [2.24, 2.45) is 11.7 Å². The van der Waals surface area contributed by atoms with Crippen molar-refractivity contribution in [1.82, 2.24) is 5.32 Å². The number of nitrogens with one attached hydrogen (secondary N) is 2. The highest BCUT2D eigenvalue weighted by molar-refractivity contribution is 7.99.